The van der Waals surface area contributed by atoms with Crippen LogP contribution in [0.1, 0.15) is 24.0 Å². The van der Waals surface area contributed by atoms with Crippen LogP contribution in [0, 0.1) is 11.8 Å². The summed E-state index contributed by atoms with van der Waals surface area (Å²) in [5, 5.41) is 54.9. The number of benzene rings is 1. The quantitative estimate of drug-likeness (QED) is 0.198. The van der Waals surface area contributed by atoms with Gasteiger partial charge in [-0.05, 0) is 31.6 Å². The molecule has 0 aliphatic heterocycles. The van der Waals surface area contributed by atoms with Crippen molar-refractivity contribution >= 4 is 23.2 Å². The minimum Gasteiger partial charge on any atom is -0.508 e. The molecule has 3 aliphatic rings. The van der Waals surface area contributed by atoms with E-state index in [9.17, 15) is 39.9 Å². The first kappa shape index (κ1) is 27.6. The van der Waals surface area contributed by atoms with E-state index in [2.05, 4.69) is 0 Å². The summed E-state index contributed by atoms with van der Waals surface area (Å²) in [7, 11) is 2.92. The van der Waals surface area contributed by atoms with Crippen LogP contribution >= 0.6 is 0 Å². The first-order chi connectivity index (χ1) is 14.9. The molecule has 1 aromatic carbocycles. The van der Waals surface area contributed by atoms with Crippen molar-refractivity contribution in [1.82, 2.24) is 4.90 Å². The number of fused-ring (bicyclic) bond motifs is 3. The van der Waals surface area contributed by atoms with E-state index in [0.717, 1.165) is 0 Å². The molecule has 0 spiro atoms. The van der Waals surface area contributed by atoms with E-state index in [1.165, 1.54) is 25.1 Å². The Morgan fingerprint density at radius 1 is 1.15 bits per heavy atom. The van der Waals surface area contributed by atoms with Gasteiger partial charge in [-0.2, -0.15) is 0 Å². The minimum absolute atomic E-state index is 0. The first-order valence-electron chi connectivity index (χ1n) is 10.0. The number of carbonyl (C=O) groups excluding carboxylic acids is 3. The largest absolute Gasteiger partial charge is 0.508 e. The van der Waals surface area contributed by atoms with Gasteiger partial charge in [-0.1, -0.05) is 19.1 Å². The standard InChI is InChI=1S/C22H24N2O8.H2O.Zn/c1-7-8-5-4-6-9(25)11(8)16(26)12-10(7)17(27)14-15(24(2)3)18(28)13(21(23)31)20(30)22(14,32)19(12)29;;/h4-7,10,14-15,17,25-27,30,32H,1-3H3,(H2,23,31);1H2;/t7-,10+,14+,15-,17-,22-;;/m0../s1. The van der Waals surface area contributed by atoms with Crippen LogP contribution in [0.15, 0.2) is 35.1 Å². The van der Waals surface area contributed by atoms with Crippen molar-refractivity contribution in [1.29, 1.82) is 0 Å². The van der Waals surface area contributed by atoms with Gasteiger partial charge in [0.25, 0.3) is 5.91 Å². The molecule has 0 unspecified atom stereocenters. The van der Waals surface area contributed by atoms with E-state index in [1.54, 1.807) is 19.1 Å². The zero-order valence-corrected chi connectivity index (χ0v) is 21.8. The van der Waals surface area contributed by atoms with Crippen molar-refractivity contribution in [3.8, 4) is 5.75 Å². The maximum atomic E-state index is 13.7. The van der Waals surface area contributed by atoms with Gasteiger partial charge >= 0.3 is 0 Å². The number of phenolic OH excluding ortho intramolecular Hbond substituents is 1. The van der Waals surface area contributed by atoms with Crippen LogP contribution in [-0.4, -0.2) is 85.2 Å². The van der Waals surface area contributed by atoms with Crippen molar-refractivity contribution in [2.24, 2.45) is 17.6 Å². The van der Waals surface area contributed by atoms with Gasteiger partial charge in [0, 0.05) is 31.0 Å². The number of likely N-dealkylation sites (N-methyl/N-ethyl adjacent to an activating group) is 1. The van der Waals surface area contributed by atoms with Crippen LogP contribution in [0.25, 0.3) is 5.76 Å². The van der Waals surface area contributed by atoms with Crippen LogP contribution in [0.2, 0.25) is 0 Å². The Morgan fingerprint density at radius 3 is 2.26 bits per heavy atom. The van der Waals surface area contributed by atoms with Crippen LogP contribution in [0.5, 0.6) is 5.75 Å². The molecule has 1 fully saturated rings. The van der Waals surface area contributed by atoms with Crippen molar-refractivity contribution in [2.45, 2.75) is 30.6 Å². The second-order valence-corrected chi connectivity index (χ2v) is 8.79. The summed E-state index contributed by atoms with van der Waals surface area (Å²) in [6.07, 6.45) is -1.59. The normalized spacial score (nSPS) is 32.4. The fourth-order valence-corrected chi connectivity index (χ4v) is 5.58. The predicted octanol–water partition coefficient (Wildman–Crippen LogP) is -1.33. The first-order valence-corrected chi connectivity index (χ1v) is 10.0. The molecule has 3 aliphatic carbocycles. The Morgan fingerprint density at radius 2 is 1.74 bits per heavy atom. The summed E-state index contributed by atoms with van der Waals surface area (Å²) in [5.74, 6) is -8.87. The van der Waals surface area contributed by atoms with E-state index in [0.29, 0.717) is 5.56 Å². The Hall–Kier alpha value is -2.63. The van der Waals surface area contributed by atoms with E-state index in [-0.39, 0.29) is 36.3 Å². The van der Waals surface area contributed by atoms with Crippen molar-refractivity contribution in [3.05, 3.63) is 46.2 Å². The third-order valence-corrected chi connectivity index (χ3v) is 6.99. The smallest absolute Gasteiger partial charge is 0.255 e. The molecule has 0 heterocycles. The summed E-state index contributed by atoms with van der Waals surface area (Å²) in [5.41, 5.74) is 1.47. The summed E-state index contributed by atoms with van der Waals surface area (Å²) in [6, 6.07) is 3.13. The van der Waals surface area contributed by atoms with E-state index < -0.39 is 75.6 Å². The van der Waals surface area contributed by atoms with Crippen LogP contribution < -0.4 is 5.73 Å². The molecule has 4 rings (SSSR count). The SMILES string of the molecule is C[C@H]1c2cccc(O)c2C(O)=C2C(=O)[C@]3(O)C(O)=C(C(N)=O)C(=O)[C@@H](N(C)C)[C@@H]3[C@@H](O)[C@@H]21.O.[Zn]. The number of aliphatic hydroxyl groups excluding tert-OH is 3. The monoisotopic (exact) mass is 526 g/mol. The van der Waals surface area contributed by atoms with Gasteiger partial charge in [0.15, 0.2) is 11.4 Å². The molecule has 34 heavy (non-hydrogen) atoms. The maximum Gasteiger partial charge on any atom is 0.255 e. The van der Waals surface area contributed by atoms with Crippen LogP contribution in [0.4, 0.5) is 0 Å². The minimum atomic E-state index is -2.89. The van der Waals surface area contributed by atoms with Gasteiger partial charge in [0.1, 0.15) is 22.8 Å². The Bertz CT molecular complexity index is 1150. The maximum absolute atomic E-state index is 13.7. The van der Waals surface area contributed by atoms with Crippen molar-refractivity contribution in [3.63, 3.8) is 0 Å². The zero-order chi connectivity index (χ0) is 23.9. The Balaban J connectivity index is 0.00000204. The number of phenols is 1. The number of Topliss-reactive ketones (excluding diaryl/α,β-unsaturated/α-hetero) is 2. The molecule has 9 N–H and O–H groups in total. The number of hydrogen-bond donors (Lipinski definition) is 6. The van der Waals surface area contributed by atoms with Gasteiger partial charge in [0.2, 0.25) is 5.78 Å². The van der Waals surface area contributed by atoms with Gasteiger partial charge < -0.3 is 36.7 Å². The Kier molecular flexibility index (Phi) is 7.20. The third-order valence-electron chi connectivity index (χ3n) is 6.99. The topological polar surface area (TPSA) is 213 Å². The summed E-state index contributed by atoms with van der Waals surface area (Å²) in [6.45, 7) is 1.68. The van der Waals surface area contributed by atoms with Gasteiger partial charge in [-0.25, -0.2) is 0 Å². The second kappa shape index (κ2) is 8.86. The number of nitrogens with zero attached hydrogens (tertiary/aromatic N) is 1. The average molecular weight is 528 g/mol. The van der Waals surface area contributed by atoms with E-state index in [4.69, 9.17) is 5.73 Å². The zero-order valence-electron chi connectivity index (χ0n) is 18.8. The fourth-order valence-electron chi connectivity index (χ4n) is 5.58. The van der Waals surface area contributed by atoms with E-state index in [1.807, 2.05) is 0 Å². The van der Waals surface area contributed by atoms with Crippen molar-refractivity contribution in [2.75, 3.05) is 14.1 Å². The molecule has 1 amide bonds. The van der Waals surface area contributed by atoms with Gasteiger partial charge in [-0.3, -0.25) is 19.3 Å². The molecule has 6 atom stereocenters. The van der Waals surface area contributed by atoms with Gasteiger partial charge in [-0.15, -0.1) is 0 Å². The van der Waals surface area contributed by atoms with Crippen LogP contribution in [-0.2, 0) is 33.9 Å². The number of amides is 1. The third kappa shape index (κ3) is 3.24. The van der Waals surface area contributed by atoms with Crippen LogP contribution in [0.3, 0.4) is 0 Å². The summed E-state index contributed by atoms with van der Waals surface area (Å²) in [4.78, 5) is 40.0. The molecule has 0 saturated heterocycles. The number of hydrogen-bond acceptors (Lipinski definition) is 9. The number of aliphatic hydroxyl groups is 4. The molecule has 0 aromatic heterocycles. The molecular formula is C22H26N2O9Zn. The predicted molar refractivity (Wildman–Crippen MR) is 114 cm³/mol. The molecule has 1 saturated carbocycles. The number of nitrogens with two attached hydrogens (primary N) is 1. The number of ketones is 2. The Labute approximate surface area is 207 Å². The number of rotatable bonds is 2. The molecule has 12 heteroatoms. The number of carbonyl (C=O) groups is 3. The van der Waals surface area contributed by atoms with E-state index >= 15 is 0 Å². The molecule has 1 aromatic rings. The summed E-state index contributed by atoms with van der Waals surface area (Å²) < 4.78 is 0. The van der Waals surface area contributed by atoms with Crippen molar-refractivity contribution < 1.29 is 64.9 Å². The molecule has 0 bridgehead atoms. The number of primary amides is 1. The molecule has 11 nitrogen and oxygen atoms in total. The molecule has 0 radical (unpaired) electrons. The fraction of sp³-hybridized carbons (Fsp3) is 0.409. The molecular weight excluding hydrogens is 502 g/mol. The summed E-state index contributed by atoms with van der Waals surface area (Å²) >= 11 is 0. The number of aromatic hydroxyl groups is 1. The average Bonchev–Trinajstić information content (AvgIpc) is 2.70. The molecule has 180 valence electrons. The van der Waals surface area contributed by atoms with Gasteiger partial charge in [0.05, 0.1) is 23.6 Å². The second-order valence-electron chi connectivity index (χ2n) is 8.79.